The maximum atomic E-state index is 11.8. The SMILES string of the molecule is CC1CCC[C@H]1C(=O)OCC(=O)c1ccccc1. The van der Waals surface area contributed by atoms with E-state index in [9.17, 15) is 9.59 Å². The molecule has 0 aromatic heterocycles. The summed E-state index contributed by atoms with van der Waals surface area (Å²) in [5.74, 6) is -0.00298. The molecule has 1 fully saturated rings. The van der Waals surface area contributed by atoms with Crippen LogP contribution < -0.4 is 0 Å². The van der Waals surface area contributed by atoms with E-state index >= 15 is 0 Å². The highest BCUT2D eigenvalue weighted by Gasteiger charge is 2.31. The van der Waals surface area contributed by atoms with E-state index in [1.807, 2.05) is 6.07 Å². The van der Waals surface area contributed by atoms with Crippen LogP contribution in [-0.2, 0) is 9.53 Å². The lowest BCUT2D eigenvalue weighted by Crippen LogP contribution is -2.23. The summed E-state index contributed by atoms with van der Waals surface area (Å²) in [5.41, 5.74) is 0.588. The number of rotatable bonds is 4. The highest BCUT2D eigenvalue weighted by Crippen LogP contribution is 2.31. The van der Waals surface area contributed by atoms with Crippen LogP contribution in [0.4, 0.5) is 0 Å². The Morgan fingerprint density at radius 3 is 2.56 bits per heavy atom. The van der Waals surface area contributed by atoms with E-state index in [1.54, 1.807) is 24.3 Å². The van der Waals surface area contributed by atoms with Crippen LogP contribution in [0.3, 0.4) is 0 Å². The number of ether oxygens (including phenoxy) is 1. The van der Waals surface area contributed by atoms with Crippen LogP contribution in [0, 0.1) is 11.8 Å². The van der Waals surface area contributed by atoms with Gasteiger partial charge in [0.05, 0.1) is 5.92 Å². The van der Waals surface area contributed by atoms with Gasteiger partial charge in [0.2, 0.25) is 0 Å². The zero-order valence-corrected chi connectivity index (χ0v) is 10.6. The third kappa shape index (κ3) is 2.97. The lowest BCUT2D eigenvalue weighted by Gasteiger charge is -2.13. The first-order valence-electron chi connectivity index (χ1n) is 6.43. The fourth-order valence-electron chi connectivity index (χ4n) is 2.45. The predicted octanol–water partition coefficient (Wildman–Crippen LogP) is 2.85. The van der Waals surface area contributed by atoms with Crippen LogP contribution in [0.2, 0.25) is 0 Å². The van der Waals surface area contributed by atoms with E-state index in [4.69, 9.17) is 4.74 Å². The summed E-state index contributed by atoms with van der Waals surface area (Å²) in [6.45, 7) is 1.92. The minimum atomic E-state index is -0.218. The molecular formula is C15H18O3. The number of hydrogen-bond donors (Lipinski definition) is 0. The van der Waals surface area contributed by atoms with Crippen LogP contribution in [0.15, 0.2) is 30.3 Å². The summed E-state index contributed by atoms with van der Waals surface area (Å²) in [4.78, 5) is 23.6. The van der Waals surface area contributed by atoms with Crippen molar-refractivity contribution in [3.8, 4) is 0 Å². The van der Waals surface area contributed by atoms with E-state index in [1.165, 1.54) is 0 Å². The van der Waals surface area contributed by atoms with Crippen LogP contribution in [0.5, 0.6) is 0 Å². The monoisotopic (exact) mass is 246 g/mol. The first-order chi connectivity index (χ1) is 8.68. The van der Waals surface area contributed by atoms with E-state index in [0.29, 0.717) is 11.5 Å². The minimum Gasteiger partial charge on any atom is -0.457 e. The Kier molecular flexibility index (Phi) is 4.13. The molecule has 1 saturated carbocycles. The van der Waals surface area contributed by atoms with Gasteiger partial charge >= 0.3 is 5.97 Å². The van der Waals surface area contributed by atoms with Crippen LogP contribution in [-0.4, -0.2) is 18.4 Å². The molecule has 1 aliphatic rings. The van der Waals surface area contributed by atoms with Gasteiger partial charge in [-0.1, -0.05) is 43.7 Å². The standard InChI is InChI=1S/C15H18O3/c1-11-6-5-9-13(11)15(17)18-10-14(16)12-7-3-2-4-8-12/h2-4,7-8,11,13H,5-6,9-10H2,1H3/t11?,13-/m1/s1. The second-order valence-electron chi connectivity index (χ2n) is 4.91. The molecule has 1 aromatic carbocycles. The van der Waals surface area contributed by atoms with Crippen molar-refractivity contribution in [3.63, 3.8) is 0 Å². The average Bonchev–Trinajstić information content (AvgIpc) is 2.83. The first kappa shape index (κ1) is 12.8. The minimum absolute atomic E-state index is 0.0198. The maximum Gasteiger partial charge on any atom is 0.309 e. The molecule has 0 heterocycles. The highest BCUT2D eigenvalue weighted by molar-refractivity contribution is 5.97. The second-order valence-corrected chi connectivity index (χ2v) is 4.91. The number of carbonyl (C=O) groups excluding carboxylic acids is 2. The van der Waals surface area contributed by atoms with Crippen LogP contribution >= 0.6 is 0 Å². The topological polar surface area (TPSA) is 43.4 Å². The lowest BCUT2D eigenvalue weighted by atomic mass is 9.99. The van der Waals surface area contributed by atoms with Gasteiger partial charge in [-0.05, 0) is 18.8 Å². The van der Waals surface area contributed by atoms with Crippen molar-refractivity contribution in [2.24, 2.45) is 11.8 Å². The van der Waals surface area contributed by atoms with Crippen molar-refractivity contribution in [3.05, 3.63) is 35.9 Å². The maximum absolute atomic E-state index is 11.8. The Bertz CT molecular complexity index is 425. The van der Waals surface area contributed by atoms with Gasteiger partial charge in [0.1, 0.15) is 0 Å². The number of benzene rings is 1. The quantitative estimate of drug-likeness (QED) is 0.606. The third-order valence-corrected chi connectivity index (χ3v) is 3.61. The molecule has 0 saturated heterocycles. The molecule has 0 radical (unpaired) electrons. The van der Waals surface area contributed by atoms with Gasteiger partial charge < -0.3 is 4.74 Å². The number of ketones is 1. The van der Waals surface area contributed by atoms with Gasteiger partial charge in [-0.2, -0.15) is 0 Å². The zero-order chi connectivity index (χ0) is 13.0. The van der Waals surface area contributed by atoms with E-state index < -0.39 is 0 Å². The Morgan fingerprint density at radius 2 is 1.94 bits per heavy atom. The molecule has 0 spiro atoms. The van der Waals surface area contributed by atoms with Gasteiger partial charge in [0, 0.05) is 5.56 Å². The Morgan fingerprint density at radius 1 is 1.22 bits per heavy atom. The number of Topliss-reactive ketones (excluding diaryl/α,β-unsaturated/α-hetero) is 1. The number of hydrogen-bond acceptors (Lipinski definition) is 3. The predicted molar refractivity (Wildman–Crippen MR) is 68.2 cm³/mol. The summed E-state index contributed by atoms with van der Waals surface area (Å²) in [5, 5.41) is 0. The van der Waals surface area contributed by atoms with Gasteiger partial charge in [0.15, 0.2) is 12.4 Å². The summed E-state index contributed by atoms with van der Waals surface area (Å²) in [6.07, 6.45) is 3.04. The van der Waals surface area contributed by atoms with Gasteiger partial charge in [-0.25, -0.2) is 0 Å². The Labute approximate surface area is 107 Å². The highest BCUT2D eigenvalue weighted by atomic mass is 16.5. The van der Waals surface area contributed by atoms with Crippen LogP contribution in [0.25, 0.3) is 0 Å². The Balaban J connectivity index is 1.85. The molecule has 1 aromatic rings. The average molecular weight is 246 g/mol. The number of carbonyl (C=O) groups is 2. The molecule has 18 heavy (non-hydrogen) atoms. The molecule has 0 bridgehead atoms. The lowest BCUT2D eigenvalue weighted by molar-refractivity contribution is -0.148. The summed E-state index contributed by atoms with van der Waals surface area (Å²) < 4.78 is 5.12. The fraction of sp³-hybridized carbons (Fsp3) is 0.467. The van der Waals surface area contributed by atoms with Gasteiger partial charge in [0.25, 0.3) is 0 Å². The van der Waals surface area contributed by atoms with Crippen molar-refractivity contribution < 1.29 is 14.3 Å². The molecule has 0 amide bonds. The molecule has 0 N–H and O–H groups in total. The molecule has 1 unspecified atom stereocenters. The molecule has 1 aliphatic carbocycles. The summed E-state index contributed by atoms with van der Waals surface area (Å²) in [7, 11) is 0. The Hall–Kier alpha value is -1.64. The third-order valence-electron chi connectivity index (χ3n) is 3.61. The summed E-state index contributed by atoms with van der Waals surface area (Å²) >= 11 is 0. The van der Waals surface area contributed by atoms with Crippen molar-refractivity contribution in [2.75, 3.05) is 6.61 Å². The normalized spacial score (nSPS) is 22.7. The smallest absolute Gasteiger partial charge is 0.309 e. The van der Waals surface area contributed by atoms with Gasteiger partial charge in [-0.3, -0.25) is 9.59 Å². The molecule has 3 nitrogen and oxygen atoms in total. The molecule has 2 atom stereocenters. The van der Waals surface area contributed by atoms with Crippen molar-refractivity contribution >= 4 is 11.8 Å². The first-order valence-corrected chi connectivity index (χ1v) is 6.43. The van der Waals surface area contributed by atoms with Crippen molar-refractivity contribution in [2.45, 2.75) is 26.2 Å². The van der Waals surface area contributed by atoms with Crippen molar-refractivity contribution in [1.29, 1.82) is 0 Å². The van der Waals surface area contributed by atoms with E-state index in [0.717, 1.165) is 19.3 Å². The largest absolute Gasteiger partial charge is 0.457 e. The van der Waals surface area contributed by atoms with E-state index in [2.05, 4.69) is 6.92 Å². The van der Waals surface area contributed by atoms with Crippen LogP contribution in [0.1, 0.15) is 36.5 Å². The molecular weight excluding hydrogens is 228 g/mol. The van der Waals surface area contributed by atoms with Gasteiger partial charge in [-0.15, -0.1) is 0 Å². The second kappa shape index (κ2) is 5.80. The molecule has 3 heteroatoms. The molecule has 2 rings (SSSR count). The zero-order valence-electron chi connectivity index (χ0n) is 10.6. The summed E-state index contributed by atoms with van der Waals surface area (Å²) in [6, 6.07) is 8.91. The number of esters is 1. The molecule has 96 valence electrons. The molecule has 0 aliphatic heterocycles. The fourth-order valence-corrected chi connectivity index (χ4v) is 2.45. The van der Waals surface area contributed by atoms with E-state index in [-0.39, 0.29) is 24.3 Å². The van der Waals surface area contributed by atoms with Crippen molar-refractivity contribution in [1.82, 2.24) is 0 Å².